The summed E-state index contributed by atoms with van der Waals surface area (Å²) < 4.78 is 0. The van der Waals surface area contributed by atoms with Gasteiger partial charge in [0.05, 0.1) is 5.54 Å². The van der Waals surface area contributed by atoms with Crippen LogP contribution in [-0.2, 0) is 0 Å². The second-order valence-corrected chi connectivity index (χ2v) is 3.08. The predicted octanol–water partition coefficient (Wildman–Crippen LogP) is 1.35. The molecule has 0 aliphatic heterocycles. The van der Waals surface area contributed by atoms with E-state index in [1.54, 1.807) is 0 Å². The smallest absolute Gasteiger partial charge is 0.0763 e. The summed E-state index contributed by atoms with van der Waals surface area (Å²) in [7, 11) is 1.98. The first-order chi connectivity index (χ1) is 5.04. The number of nitrogens with zero attached hydrogens (tertiary/aromatic N) is 1. The molecule has 11 heavy (non-hydrogen) atoms. The summed E-state index contributed by atoms with van der Waals surface area (Å²) in [5.41, 5.74) is -0.184. The monoisotopic (exact) mass is 149 g/mol. The van der Waals surface area contributed by atoms with E-state index in [0.29, 0.717) is 0 Å². The Labute approximate surface area is 69.8 Å². The highest BCUT2D eigenvalue weighted by Crippen LogP contribution is 2.09. The molecular weight excluding hydrogens is 134 g/mol. The molecule has 0 saturated carbocycles. The molecule has 0 spiro atoms. The third kappa shape index (κ3) is 3.12. The molecule has 0 N–H and O–H groups in total. The van der Waals surface area contributed by atoms with E-state index in [4.69, 9.17) is 12.8 Å². The van der Waals surface area contributed by atoms with Crippen LogP contribution in [0.3, 0.4) is 0 Å². The van der Waals surface area contributed by atoms with Crippen molar-refractivity contribution in [1.82, 2.24) is 4.90 Å². The molecular formula is C10H15N. The molecule has 0 amide bonds. The van der Waals surface area contributed by atoms with Gasteiger partial charge in [-0.3, -0.25) is 4.90 Å². The molecule has 0 saturated heterocycles. The highest BCUT2D eigenvalue weighted by molar-refractivity contribution is 5.08. The van der Waals surface area contributed by atoms with E-state index in [1.165, 1.54) is 0 Å². The van der Waals surface area contributed by atoms with Gasteiger partial charge < -0.3 is 0 Å². The first kappa shape index (κ1) is 10.1. The highest BCUT2D eigenvalue weighted by atomic mass is 15.1. The summed E-state index contributed by atoms with van der Waals surface area (Å²) in [4.78, 5) is 2.08. The lowest BCUT2D eigenvalue weighted by Gasteiger charge is -2.29. The maximum absolute atomic E-state index is 5.34. The zero-order valence-electron chi connectivity index (χ0n) is 7.52. The van der Waals surface area contributed by atoms with E-state index in [9.17, 15) is 0 Å². The van der Waals surface area contributed by atoms with Crippen LogP contribution in [0.5, 0.6) is 0 Å². The van der Waals surface area contributed by atoms with Gasteiger partial charge in [-0.25, -0.2) is 0 Å². The largest absolute Gasteiger partial charge is 0.290 e. The van der Waals surface area contributed by atoms with E-state index in [-0.39, 0.29) is 5.54 Å². The standard InChI is InChI=1S/C10H15N/c1-6-8-9-11(5)10(3,4)7-2/h1-2H,8-9H2,3-5H3. The quantitative estimate of drug-likeness (QED) is 0.547. The van der Waals surface area contributed by atoms with Crippen LogP contribution >= 0.6 is 0 Å². The average molecular weight is 149 g/mol. The van der Waals surface area contributed by atoms with Crippen LogP contribution < -0.4 is 0 Å². The van der Waals surface area contributed by atoms with Crippen molar-refractivity contribution < 1.29 is 0 Å². The van der Waals surface area contributed by atoms with Crippen molar-refractivity contribution >= 4 is 0 Å². The third-order valence-electron chi connectivity index (χ3n) is 1.90. The van der Waals surface area contributed by atoms with Gasteiger partial charge in [0, 0.05) is 13.0 Å². The molecule has 0 rings (SSSR count). The fraction of sp³-hybridized carbons (Fsp3) is 0.600. The van der Waals surface area contributed by atoms with Crippen LogP contribution in [0.1, 0.15) is 20.3 Å². The average Bonchev–Trinajstić information content (AvgIpc) is 2.00. The Hall–Kier alpha value is -0.920. The van der Waals surface area contributed by atoms with Gasteiger partial charge in [0.25, 0.3) is 0 Å². The van der Waals surface area contributed by atoms with Crippen molar-refractivity contribution in [2.24, 2.45) is 0 Å². The lowest BCUT2D eigenvalue weighted by atomic mass is 10.1. The maximum atomic E-state index is 5.34. The van der Waals surface area contributed by atoms with E-state index < -0.39 is 0 Å². The summed E-state index contributed by atoms with van der Waals surface area (Å²) in [6, 6.07) is 0. The molecule has 0 aromatic heterocycles. The molecule has 1 nitrogen and oxygen atoms in total. The molecule has 1 heteroatoms. The van der Waals surface area contributed by atoms with Crippen LogP contribution in [0, 0.1) is 24.7 Å². The van der Waals surface area contributed by atoms with Gasteiger partial charge in [0.15, 0.2) is 0 Å². The van der Waals surface area contributed by atoms with Gasteiger partial charge >= 0.3 is 0 Å². The third-order valence-corrected chi connectivity index (χ3v) is 1.90. The molecule has 0 aromatic carbocycles. The Bertz CT molecular complexity index is 190. The summed E-state index contributed by atoms with van der Waals surface area (Å²) in [5, 5.41) is 0. The molecule has 0 bridgehead atoms. The Balaban J connectivity index is 3.96. The second-order valence-electron chi connectivity index (χ2n) is 3.08. The van der Waals surface area contributed by atoms with Gasteiger partial charge in [-0.05, 0) is 20.9 Å². The maximum Gasteiger partial charge on any atom is 0.0763 e. The predicted molar refractivity (Wildman–Crippen MR) is 49.0 cm³/mol. The highest BCUT2D eigenvalue weighted by Gasteiger charge is 2.18. The summed E-state index contributed by atoms with van der Waals surface area (Å²) >= 11 is 0. The lowest BCUT2D eigenvalue weighted by molar-refractivity contribution is 0.219. The molecule has 0 heterocycles. The van der Waals surface area contributed by atoms with Gasteiger partial charge in [0.1, 0.15) is 0 Å². The SMILES string of the molecule is C#CCCN(C)C(C)(C)C#C. The van der Waals surface area contributed by atoms with Crippen molar-refractivity contribution in [2.75, 3.05) is 13.6 Å². The molecule has 0 atom stereocenters. The first-order valence-corrected chi connectivity index (χ1v) is 3.67. The van der Waals surface area contributed by atoms with Crippen molar-refractivity contribution in [3.8, 4) is 24.7 Å². The van der Waals surface area contributed by atoms with Gasteiger partial charge in [-0.15, -0.1) is 18.8 Å². The summed E-state index contributed by atoms with van der Waals surface area (Å²) in [5.74, 6) is 5.29. The van der Waals surface area contributed by atoms with Crippen LogP contribution in [0.2, 0.25) is 0 Å². The number of terminal acetylenes is 2. The van der Waals surface area contributed by atoms with Crippen LogP contribution in [0.25, 0.3) is 0 Å². The van der Waals surface area contributed by atoms with Crippen LogP contribution in [0.15, 0.2) is 0 Å². The van der Waals surface area contributed by atoms with E-state index in [1.807, 2.05) is 20.9 Å². The van der Waals surface area contributed by atoms with E-state index >= 15 is 0 Å². The number of hydrogen-bond donors (Lipinski definition) is 0. The van der Waals surface area contributed by atoms with Crippen LogP contribution in [-0.4, -0.2) is 24.0 Å². The van der Waals surface area contributed by atoms with Gasteiger partial charge in [-0.1, -0.05) is 5.92 Å². The van der Waals surface area contributed by atoms with Gasteiger partial charge in [-0.2, -0.15) is 0 Å². The Kier molecular flexibility index (Phi) is 3.72. The van der Waals surface area contributed by atoms with Gasteiger partial charge in [0.2, 0.25) is 0 Å². The fourth-order valence-corrected chi connectivity index (χ4v) is 0.622. The zero-order chi connectivity index (χ0) is 8.91. The zero-order valence-corrected chi connectivity index (χ0v) is 7.52. The second kappa shape index (κ2) is 4.06. The lowest BCUT2D eigenvalue weighted by Crippen LogP contribution is -2.40. The molecule has 60 valence electrons. The topological polar surface area (TPSA) is 3.24 Å². The Morgan fingerprint density at radius 1 is 1.36 bits per heavy atom. The summed E-state index contributed by atoms with van der Waals surface area (Å²) in [6.45, 7) is 4.86. The number of rotatable bonds is 3. The minimum absolute atomic E-state index is 0.184. The van der Waals surface area contributed by atoms with Crippen molar-refractivity contribution in [2.45, 2.75) is 25.8 Å². The van der Waals surface area contributed by atoms with E-state index in [0.717, 1.165) is 13.0 Å². The van der Waals surface area contributed by atoms with Crippen molar-refractivity contribution in [1.29, 1.82) is 0 Å². The molecule has 0 aromatic rings. The Morgan fingerprint density at radius 2 is 1.91 bits per heavy atom. The normalized spacial score (nSPS) is 10.7. The molecule has 0 fully saturated rings. The molecule has 0 radical (unpaired) electrons. The number of hydrogen-bond acceptors (Lipinski definition) is 1. The van der Waals surface area contributed by atoms with Crippen LogP contribution in [0.4, 0.5) is 0 Å². The molecule has 0 unspecified atom stereocenters. The minimum Gasteiger partial charge on any atom is -0.290 e. The van der Waals surface area contributed by atoms with E-state index in [2.05, 4.69) is 16.7 Å². The Morgan fingerprint density at radius 3 is 2.27 bits per heavy atom. The summed E-state index contributed by atoms with van der Waals surface area (Å²) in [6.07, 6.45) is 11.2. The first-order valence-electron chi connectivity index (χ1n) is 3.67. The molecule has 0 aliphatic rings. The molecule has 0 aliphatic carbocycles. The fourth-order valence-electron chi connectivity index (χ4n) is 0.622. The minimum atomic E-state index is -0.184. The van der Waals surface area contributed by atoms with Crippen molar-refractivity contribution in [3.63, 3.8) is 0 Å². The van der Waals surface area contributed by atoms with Crippen molar-refractivity contribution in [3.05, 3.63) is 0 Å².